The zero-order chi connectivity index (χ0) is 28.2. The lowest BCUT2D eigenvalue weighted by Crippen LogP contribution is -2.50. The van der Waals surface area contributed by atoms with Crippen LogP contribution in [0.1, 0.15) is 41.6 Å². The fourth-order valence-corrected chi connectivity index (χ4v) is 5.27. The number of nitrogens with one attached hydrogen (secondary N) is 1. The predicted molar refractivity (Wildman–Crippen MR) is 146 cm³/mol. The Bertz CT molecular complexity index is 1260. The van der Waals surface area contributed by atoms with Crippen molar-refractivity contribution in [2.24, 2.45) is 11.7 Å². The summed E-state index contributed by atoms with van der Waals surface area (Å²) in [6.07, 6.45) is -1.31. The zero-order valence-corrected chi connectivity index (χ0v) is 23.0. The molecule has 12 heteroatoms. The van der Waals surface area contributed by atoms with Gasteiger partial charge in [-0.05, 0) is 73.2 Å². The number of hydrogen-bond acceptors (Lipinski definition) is 5. The number of piperazine rings is 1. The highest BCUT2D eigenvalue weighted by Gasteiger charge is 2.33. The molecule has 1 amide bonds. The lowest BCUT2D eigenvalue weighted by molar-refractivity contribution is -0.137. The summed E-state index contributed by atoms with van der Waals surface area (Å²) in [5.74, 6) is -0.517. The maximum atomic E-state index is 13.7. The van der Waals surface area contributed by atoms with E-state index in [1.165, 1.54) is 6.07 Å². The Morgan fingerprint density at radius 1 is 1.10 bits per heavy atom. The van der Waals surface area contributed by atoms with Crippen molar-refractivity contribution in [2.45, 2.75) is 38.3 Å². The molecule has 2 atom stereocenters. The SMILES string of the molecule is CC(CN)CCc1cc(C(F)(F)F)ccc1N1CCN(C(=O)C(Cc2ccc(Cl)cc2Cl)c2c[nH]nn2)CC1. The molecule has 39 heavy (non-hydrogen) atoms. The number of carbonyl (C=O) groups excluding carboxylic acids is 1. The van der Waals surface area contributed by atoms with Crippen LogP contribution in [0.25, 0.3) is 0 Å². The zero-order valence-electron chi connectivity index (χ0n) is 21.5. The van der Waals surface area contributed by atoms with E-state index in [0.717, 1.165) is 17.3 Å². The van der Waals surface area contributed by atoms with Crippen molar-refractivity contribution in [3.8, 4) is 0 Å². The number of rotatable bonds is 9. The third-order valence-corrected chi connectivity index (χ3v) is 7.76. The van der Waals surface area contributed by atoms with E-state index >= 15 is 0 Å². The topological polar surface area (TPSA) is 91.1 Å². The van der Waals surface area contributed by atoms with E-state index in [1.807, 2.05) is 11.8 Å². The van der Waals surface area contributed by atoms with Crippen LogP contribution < -0.4 is 10.6 Å². The molecular weight excluding hydrogens is 552 g/mol. The van der Waals surface area contributed by atoms with Crippen molar-refractivity contribution in [2.75, 3.05) is 37.6 Å². The Labute approximate surface area is 235 Å². The number of aryl methyl sites for hydroxylation is 1. The number of nitrogens with two attached hydrogens (primary N) is 1. The largest absolute Gasteiger partial charge is 0.416 e. The van der Waals surface area contributed by atoms with E-state index in [9.17, 15) is 18.0 Å². The monoisotopic (exact) mass is 582 g/mol. The first-order valence-electron chi connectivity index (χ1n) is 12.8. The minimum Gasteiger partial charge on any atom is -0.368 e. The number of carbonyl (C=O) groups is 1. The summed E-state index contributed by atoms with van der Waals surface area (Å²) in [4.78, 5) is 17.5. The Morgan fingerprint density at radius 3 is 2.46 bits per heavy atom. The smallest absolute Gasteiger partial charge is 0.368 e. The van der Waals surface area contributed by atoms with E-state index < -0.39 is 17.7 Å². The summed E-state index contributed by atoms with van der Waals surface area (Å²) in [5, 5.41) is 11.5. The van der Waals surface area contributed by atoms with Crippen LogP contribution in [-0.2, 0) is 23.8 Å². The summed E-state index contributed by atoms with van der Waals surface area (Å²) in [7, 11) is 0. The Morgan fingerprint density at radius 2 is 1.85 bits per heavy atom. The maximum Gasteiger partial charge on any atom is 0.416 e. The van der Waals surface area contributed by atoms with Gasteiger partial charge >= 0.3 is 6.18 Å². The van der Waals surface area contributed by atoms with Crippen LogP contribution >= 0.6 is 23.2 Å². The summed E-state index contributed by atoms with van der Waals surface area (Å²) in [6.45, 7) is 4.28. The van der Waals surface area contributed by atoms with E-state index in [2.05, 4.69) is 15.4 Å². The molecule has 1 aromatic heterocycles. The third kappa shape index (κ3) is 7.23. The Hall–Kier alpha value is -2.82. The second-order valence-electron chi connectivity index (χ2n) is 9.92. The van der Waals surface area contributed by atoms with E-state index in [0.29, 0.717) is 73.3 Å². The summed E-state index contributed by atoms with van der Waals surface area (Å²) >= 11 is 12.4. The summed E-state index contributed by atoms with van der Waals surface area (Å²) < 4.78 is 40.3. The minimum atomic E-state index is -4.42. The molecule has 0 saturated carbocycles. The van der Waals surface area contributed by atoms with E-state index in [4.69, 9.17) is 28.9 Å². The number of aromatic nitrogens is 3. The first-order chi connectivity index (χ1) is 18.6. The first kappa shape index (κ1) is 29.2. The van der Waals surface area contributed by atoms with Gasteiger partial charge in [0.25, 0.3) is 0 Å². The van der Waals surface area contributed by atoms with Gasteiger partial charge in [0.05, 0.1) is 17.2 Å². The van der Waals surface area contributed by atoms with Crippen LogP contribution in [0, 0.1) is 5.92 Å². The van der Waals surface area contributed by atoms with Gasteiger partial charge in [-0.3, -0.25) is 9.89 Å². The van der Waals surface area contributed by atoms with Gasteiger partial charge in [0.2, 0.25) is 5.91 Å². The van der Waals surface area contributed by atoms with E-state index in [-0.39, 0.29) is 11.8 Å². The van der Waals surface area contributed by atoms with Crippen LogP contribution in [-0.4, -0.2) is 58.9 Å². The summed E-state index contributed by atoms with van der Waals surface area (Å²) in [5.41, 5.74) is 7.75. The van der Waals surface area contributed by atoms with Gasteiger partial charge < -0.3 is 15.5 Å². The molecule has 1 fully saturated rings. The van der Waals surface area contributed by atoms with Crippen LogP contribution in [0.5, 0.6) is 0 Å². The Balaban J connectivity index is 1.50. The number of aromatic amines is 1. The normalized spacial score (nSPS) is 15.9. The molecule has 0 bridgehead atoms. The molecule has 4 rings (SSSR count). The highest BCUT2D eigenvalue weighted by atomic mass is 35.5. The van der Waals surface area contributed by atoms with Gasteiger partial charge in [0.1, 0.15) is 0 Å². The van der Waals surface area contributed by atoms with Crippen molar-refractivity contribution in [1.29, 1.82) is 0 Å². The van der Waals surface area contributed by atoms with Crippen molar-refractivity contribution in [3.05, 3.63) is 75.0 Å². The fraction of sp³-hybridized carbons (Fsp3) is 0.444. The van der Waals surface area contributed by atoms with Gasteiger partial charge in [-0.1, -0.05) is 41.4 Å². The third-order valence-electron chi connectivity index (χ3n) is 7.18. The first-order valence-corrected chi connectivity index (χ1v) is 13.6. The van der Waals surface area contributed by atoms with Crippen molar-refractivity contribution in [1.82, 2.24) is 20.3 Å². The van der Waals surface area contributed by atoms with Gasteiger partial charge in [-0.2, -0.15) is 13.2 Å². The lowest BCUT2D eigenvalue weighted by atomic mass is 9.94. The average Bonchev–Trinajstić information content (AvgIpc) is 3.45. The molecule has 210 valence electrons. The summed E-state index contributed by atoms with van der Waals surface area (Å²) in [6, 6.07) is 9.06. The molecule has 0 spiro atoms. The maximum absolute atomic E-state index is 13.7. The van der Waals surface area contributed by atoms with Gasteiger partial charge in [-0.25, -0.2) is 0 Å². The number of amides is 1. The number of hydrogen-bond donors (Lipinski definition) is 2. The lowest BCUT2D eigenvalue weighted by Gasteiger charge is -2.38. The van der Waals surface area contributed by atoms with Gasteiger partial charge in [-0.15, -0.1) is 5.10 Å². The number of anilines is 1. The van der Waals surface area contributed by atoms with Crippen molar-refractivity contribution >= 4 is 34.8 Å². The highest BCUT2D eigenvalue weighted by molar-refractivity contribution is 6.35. The molecule has 1 saturated heterocycles. The Kier molecular flexibility index (Phi) is 9.40. The predicted octanol–water partition coefficient (Wildman–Crippen LogP) is 5.33. The quantitative estimate of drug-likeness (QED) is 0.355. The molecule has 1 aliphatic rings. The second kappa shape index (κ2) is 12.6. The molecule has 0 aliphatic carbocycles. The van der Waals surface area contributed by atoms with E-state index in [1.54, 1.807) is 35.4 Å². The molecule has 3 N–H and O–H groups in total. The standard InChI is InChI=1S/C27H31Cl2F3N6O/c1-17(15-33)2-3-19-12-20(27(30,31)32)5-7-25(19)37-8-10-38(11-9-37)26(39)22(24-16-34-36-35-24)13-18-4-6-21(28)14-23(18)29/h4-7,12,14,16-17,22H,2-3,8-11,13,15,33H2,1H3,(H,34,35,36). The molecule has 1 aliphatic heterocycles. The number of H-pyrrole nitrogens is 1. The second-order valence-corrected chi connectivity index (χ2v) is 10.8. The number of alkyl halides is 3. The van der Waals surface area contributed by atoms with Crippen molar-refractivity contribution < 1.29 is 18.0 Å². The van der Waals surface area contributed by atoms with Crippen LogP contribution in [0.4, 0.5) is 18.9 Å². The molecule has 3 aromatic rings. The number of nitrogens with zero attached hydrogens (tertiary/aromatic N) is 4. The van der Waals surface area contributed by atoms with Gasteiger partial charge in [0, 0.05) is 48.1 Å². The van der Waals surface area contributed by atoms with Crippen molar-refractivity contribution in [3.63, 3.8) is 0 Å². The highest BCUT2D eigenvalue weighted by Crippen LogP contribution is 2.35. The molecule has 2 heterocycles. The molecule has 2 unspecified atom stereocenters. The molecule has 0 radical (unpaired) electrons. The fourth-order valence-electron chi connectivity index (χ4n) is 4.78. The number of halogens is 5. The average molecular weight is 583 g/mol. The molecular formula is C27H31Cl2F3N6O. The molecule has 2 aromatic carbocycles. The van der Waals surface area contributed by atoms with Gasteiger partial charge in [0.15, 0.2) is 0 Å². The van der Waals surface area contributed by atoms with Crippen LogP contribution in [0.2, 0.25) is 10.0 Å². The molecule has 7 nitrogen and oxygen atoms in total. The number of benzene rings is 2. The minimum absolute atomic E-state index is 0.112. The van der Waals surface area contributed by atoms with Crippen LogP contribution in [0.3, 0.4) is 0 Å². The van der Waals surface area contributed by atoms with Crippen LogP contribution in [0.15, 0.2) is 42.6 Å².